The molecule has 2 aliphatic rings. The highest BCUT2D eigenvalue weighted by atomic mass is 16.4. The van der Waals surface area contributed by atoms with E-state index in [-0.39, 0.29) is 11.9 Å². The smallest absolute Gasteiger partial charge is 0.308 e. The van der Waals surface area contributed by atoms with Crippen LogP contribution in [0.3, 0.4) is 0 Å². The number of hydrogen-bond donors (Lipinski definition) is 2. The fraction of sp³-hybridized carbons (Fsp3) is 0.471. The maximum Gasteiger partial charge on any atom is 0.308 e. The van der Waals surface area contributed by atoms with Crippen molar-refractivity contribution in [3.8, 4) is 0 Å². The summed E-state index contributed by atoms with van der Waals surface area (Å²) in [5.41, 5.74) is 2.61. The van der Waals surface area contributed by atoms with Crippen LogP contribution in [0.15, 0.2) is 29.4 Å². The molecule has 1 aromatic rings. The third-order valence-electron chi connectivity index (χ3n) is 4.55. The number of carboxylic acid groups (broad SMARTS) is 1. The van der Waals surface area contributed by atoms with Crippen LogP contribution < -0.4 is 10.3 Å². The second kappa shape index (κ2) is 6.40. The Hall–Kier alpha value is -2.37. The molecule has 1 fully saturated rings. The number of amides is 1. The topological polar surface area (TPSA) is 82.0 Å². The molecule has 1 aliphatic carbocycles. The molecule has 1 heterocycles. The van der Waals surface area contributed by atoms with Crippen LogP contribution in [0.4, 0.5) is 5.69 Å². The van der Waals surface area contributed by atoms with E-state index in [1.54, 1.807) is 12.1 Å². The summed E-state index contributed by atoms with van der Waals surface area (Å²) in [7, 11) is 0. The number of anilines is 1. The number of rotatable bonds is 4. The van der Waals surface area contributed by atoms with Gasteiger partial charge < -0.3 is 10.4 Å². The highest BCUT2D eigenvalue weighted by molar-refractivity contribution is 5.95. The van der Waals surface area contributed by atoms with Crippen molar-refractivity contribution in [3.05, 3.63) is 29.8 Å². The molecule has 2 N–H and O–H groups in total. The molecule has 0 radical (unpaired) electrons. The van der Waals surface area contributed by atoms with E-state index in [2.05, 4.69) is 10.4 Å². The summed E-state index contributed by atoms with van der Waals surface area (Å²) < 4.78 is 0. The number of benzene rings is 1. The Labute approximate surface area is 135 Å². The lowest BCUT2D eigenvalue weighted by molar-refractivity contribution is -0.142. The summed E-state index contributed by atoms with van der Waals surface area (Å²) in [5.74, 6) is -1.51. The number of carbonyl (C=O) groups is 2. The van der Waals surface area contributed by atoms with Crippen LogP contribution in [0.5, 0.6) is 0 Å². The Morgan fingerprint density at radius 1 is 1.26 bits per heavy atom. The quantitative estimate of drug-likeness (QED) is 0.893. The molecule has 0 unspecified atom stereocenters. The van der Waals surface area contributed by atoms with Crippen molar-refractivity contribution >= 4 is 23.3 Å². The Morgan fingerprint density at radius 2 is 2.00 bits per heavy atom. The summed E-state index contributed by atoms with van der Waals surface area (Å²) in [6.07, 6.45) is 3.15. The van der Waals surface area contributed by atoms with Gasteiger partial charge in [-0.25, -0.2) is 0 Å². The van der Waals surface area contributed by atoms with Crippen molar-refractivity contribution in [1.82, 2.24) is 5.32 Å². The highest BCUT2D eigenvalue weighted by Crippen LogP contribution is 2.26. The molecule has 1 aliphatic heterocycles. The van der Waals surface area contributed by atoms with Crippen LogP contribution in [0, 0.1) is 5.92 Å². The van der Waals surface area contributed by atoms with Gasteiger partial charge in [0.2, 0.25) is 0 Å². The first kappa shape index (κ1) is 15.5. The summed E-state index contributed by atoms with van der Waals surface area (Å²) in [6.45, 7) is 2.86. The van der Waals surface area contributed by atoms with E-state index in [9.17, 15) is 14.7 Å². The first-order valence-corrected chi connectivity index (χ1v) is 8.00. The van der Waals surface area contributed by atoms with Gasteiger partial charge in [-0.3, -0.25) is 14.6 Å². The molecule has 23 heavy (non-hydrogen) atoms. The van der Waals surface area contributed by atoms with Gasteiger partial charge >= 0.3 is 5.97 Å². The molecule has 0 spiro atoms. The average Bonchev–Trinajstić information content (AvgIpc) is 3.16. The van der Waals surface area contributed by atoms with Gasteiger partial charge in [0.25, 0.3) is 5.91 Å². The van der Waals surface area contributed by atoms with E-state index in [4.69, 9.17) is 0 Å². The SMILES string of the molecule is CC1=NN(c2ccc(C(=O)N[C@@H]3CCC[C@@H]3C(=O)O)cc2)CC1. The van der Waals surface area contributed by atoms with Crippen molar-refractivity contribution in [2.45, 2.75) is 38.6 Å². The number of hydrazone groups is 1. The van der Waals surface area contributed by atoms with Gasteiger partial charge in [0.15, 0.2) is 0 Å². The van der Waals surface area contributed by atoms with E-state index in [1.807, 2.05) is 24.1 Å². The first-order chi connectivity index (χ1) is 11.0. The van der Waals surface area contributed by atoms with E-state index < -0.39 is 11.9 Å². The minimum Gasteiger partial charge on any atom is -0.481 e. The van der Waals surface area contributed by atoms with E-state index in [0.29, 0.717) is 12.0 Å². The predicted octanol–water partition coefficient (Wildman–Crippen LogP) is 2.26. The van der Waals surface area contributed by atoms with E-state index in [1.165, 1.54) is 0 Å². The van der Waals surface area contributed by atoms with E-state index >= 15 is 0 Å². The largest absolute Gasteiger partial charge is 0.481 e. The molecular formula is C17H21N3O3. The molecule has 0 aromatic heterocycles. The fourth-order valence-corrected chi connectivity index (χ4v) is 3.23. The summed E-state index contributed by atoms with van der Waals surface area (Å²) in [4.78, 5) is 23.5. The standard InChI is InChI=1S/C17H21N3O3/c1-11-9-10-20(19-11)13-7-5-12(6-8-13)16(21)18-15-4-2-3-14(15)17(22)23/h5-8,14-15H,2-4,9-10H2,1H3,(H,18,21)(H,22,23)/t14-,15+/m0/s1. The Kier molecular flexibility index (Phi) is 4.32. The highest BCUT2D eigenvalue weighted by Gasteiger charge is 2.34. The molecule has 1 amide bonds. The zero-order valence-electron chi connectivity index (χ0n) is 13.2. The second-order valence-electron chi connectivity index (χ2n) is 6.21. The van der Waals surface area contributed by atoms with Crippen LogP contribution in [0.1, 0.15) is 43.0 Å². The Morgan fingerprint density at radius 3 is 2.61 bits per heavy atom. The molecule has 6 nitrogen and oxygen atoms in total. The molecule has 0 bridgehead atoms. The molecular weight excluding hydrogens is 294 g/mol. The molecule has 2 atom stereocenters. The zero-order chi connectivity index (χ0) is 16.4. The van der Waals surface area contributed by atoms with Crippen LogP contribution in [0.2, 0.25) is 0 Å². The van der Waals surface area contributed by atoms with Crippen molar-refractivity contribution in [3.63, 3.8) is 0 Å². The molecule has 1 saturated carbocycles. The Balaban J connectivity index is 1.65. The Bertz CT molecular complexity index is 639. The first-order valence-electron chi connectivity index (χ1n) is 8.00. The monoisotopic (exact) mass is 315 g/mol. The fourth-order valence-electron chi connectivity index (χ4n) is 3.23. The minimum atomic E-state index is -0.828. The van der Waals surface area contributed by atoms with Crippen LogP contribution in [0.25, 0.3) is 0 Å². The van der Waals surface area contributed by atoms with Crippen LogP contribution >= 0.6 is 0 Å². The molecule has 1 aromatic carbocycles. The summed E-state index contributed by atoms with van der Waals surface area (Å²) in [5, 5.41) is 18.4. The van der Waals surface area contributed by atoms with Gasteiger partial charge in [0.1, 0.15) is 0 Å². The number of nitrogens with one attached hydrogen (secondary N) is 1. The van der Waals surface area contributed by atoms with Gasteiger partial charge in [0, 0.05) is 30.3 Å². The van der Waals surface area contributed by atoms with Crippen molar-refractivity contribution in [1.29, 1.82) is 0 Å². The van der Waals surface area contributed by atoms with Gasteiger partial charge in [-0.15, -0.1) is 0 Å². The third-order valence-corrected chi connectivity index (χ3v) is 4.55. The average molecular weight is 315 g/mol. The number of carboxylic acids is 1. The predicted molar refractivity (Wildman–Crippen MR) is 87.7 cm³/mol. The van der Waals surface area contributed by atoms with E-state index in [0.717, 1.165) is 37.2 Å². The molecule has 0 saturated heterocycles. The lowest BCUT2D eigenvalue weighted by atomic mass is 10.0. The van der Waals surface area contributed by atoms with Crippen molar-refractivity contribution in [2.24, 2.45) is 11.0 Å². The lowest BCUT2D eigenvalue weighted by Gasteiger charge is -2.18. The summed E-state index contributed by atoms with van der Waals surface area (Å²) >= 11 is 0. The minimum absolute atomic E-state index is 0.212. The van der Waals surface area contributed by atoms with Gasteiger partial charge in [0.05, 0.1) is 11.6 Å². The molecule has 122 valence electrons. The number of aliphatic carboxylic acids is 1. The maximum atomic E-state index is 12.3. The molecule has 6 heteroatoms. The van der Waals surface area contributed by atoms with Crippen molar-refractivity contribution < 1.29 is 14.7 Å². The van der Waals surface area contributed by atoms with Crippen molar-refractivity contribution in [2.75, 3.05) is 11.6 Å². The van der Waals surface area contributed by atoms with Crippen LogP contribution in [-0.2, 0) is 4.79 Å². The summed E-state index contributed by atoms with van der Waals surface area (Å²) in [6, 6.07) is 7.00. The second-order valence-corrected chi connectivity index (χ2v) is 6.21. The number of nitrogens with zero attached hydrogens (tertiary/aromatic N) is 2. The number of hydrogen-bond acceptors (Lipinski definition) is 4. The maximum absolute atomic E-state index is 12.3. The molecule has 3 rings (SSSR count). The van der Waals surface area contributed by atoms with Gasteiger partial charge in [-0.1, -0.05) is 6.42 Å². The normalized spacial score (nSPS) is 23.7. The van der Waals surface area contributed by atoms with Gasteiger partial charge in [-0.05, 0) is 44.0 Å². The van der Waals surface area contributed by atoms with Crippen LogP contribution in [-0.4, -0.2) is 35.3 Å². The zero-order valence-corrected chi connectivity index (χ0v) is 13.2. The van der Waals surface area contributed by atoms with Gasteiger partial charge in [-0.2, -0.15) is 5.10 Å². The lowest BCUT2D eigenvalue weighted by Crippen LogP contribution is -2.40. The number of carbonyl (C=O) groups excluding carboxylic acids is 1. The third kappa shape index (κ3) is 3.36.